The lowest BCUT2D eigenvalue weighted by Crippen LogP contribution is -2.45. The van der Waals surface area contributed by atoms with Gasteiger partial charge in [0, 0.05) is 29.8 Å². The van der Waals surface area contributed by atoms with Crippen LogP contribution in [0.4, 0.5) is 8.78 Å². The average Bonchev–Trinajstić information content (AvgIpc) is 2.93. The monoisotopic (exact) mass is 378 g/mol. The van der Waals surface area contributed by atoms with Crippen LogP contribution in [0.3, 0.4) is 0 Å². The van der Waals surface area contributed by atoms with E-state index in [0.717, 1.165) is 13.0 Å². The predicted octanol–water partition coefficient (Wildman–Crippen LogP) is 2.82. The number of alkyl halides is 2. The minimum absolute atomic E-state index is 0.0584. The van der Waals surface area contributed by atoms with Crippen molar-refractivity contribution in [3.05, 3.63) is 47.3 Å². The van der Waals surface area contributed by atoms with Gasteiger partial charge in [0.15, 0.2) is 0 Å². The topological polar surface area (TPSA) is 100 Å². The number of rotatable bonds is 2. The highest BCUT2D eigenvalue weighted by Gasteiger charge is 2.70. The summed E-state index contributed by atoms with van der Waals surface area (Å²) >= 11 is 0. The first kappa shape index (κ1) is 16.9. The molecule has 1 aliphatic heterocycles. The van der Waals surface area contributed by atoms with Gasteiger partial charge in [-0.05, 0) is 19.1 Å². The zero-order valence-corrected chi connectivity index (χ0v) is 14.2. The normalized spacial score (nSPS) is 30.7. The number of benzene rings is 1. The minimum atomic E-state index is -4.48. The number of nitriles is 1. The fourth-order valence-electron chi connectivity index (χ4n) is 3.59. The number of aromatic nitrogens is 1. The Labute approximate surface area is 147 Å². The molecule has 3 unspecified atom stereocenters. The number of hydrogen-bond donors (Lipinski definition) is 1. The van der Waals surface area contributed by atoms with Crippen molar-refractivity contribution in [1.29, 1.82) is 5.26 Å². The fourth-order valence-corrected chi connectivity index (χ4v) is 5.43. The van der Waals surface area contributed by atoms with E-state index in [2.05, 4.69) is 4.98 Å². The Kier molecular flexibility index (Phi) is 3.24. The van der Waals surface area contributed by atoms with E-state index in [9.17, 15) is 17.9 Å². The molecule has 1 aromatic heterocycles. The molecular weight excluding hydrogens is 366 g/mol. The van der Waals surface area contributed by atoms with Gasteiger partial charge in [-0.3, -0.25) is 4.98 Å². The first-order chi connectivity index (χ1) is 12.1. The maximum atomic E-state index is 15.0. The van der Waals surface area contributed by atoms with Gasteiger partial charge < -0.3 is 9.84 Å². The summed E-state index contributed by atoms with van der Waals surface area (Å²) in [6.07, 6.45) is 0.0818. The van der Waals surface area contributed by atoms with Crippen LogP contribution in [-0.4, -0.2) is 23.5 Å². The Bertz CT molecular complexity index is 1090. The smallest absolute Gasteiger partial charge is 0.244 e. The van der Waals surface area contributed by atoms with E-state index in [1.165, 1.54) is 24.5 Å². The van der Waals surface area contributed by atoms with Crippen LogP contribution in [0.1, 0.15) is 36.2 Å². The number of halogens is 2. The van der Waals surface area contributed by atoms with E-state index < -0.39 is 37.9 Å². The van der Waals surface area contributed by atoms with Crippen LogP contribution in [0.25, 0.3) is 0 Å². The number of sulfone groups is 1. The number of pyridine rings is 1. The van der Waals surface area contributed by atoms with Crippen LogP contribution in [0, 0.1) is 11.3 Å². The van der Waals surface area contributed by atoms with Crippen molar-refractivity contribution in [2.24, 2.45) is 0 Å². The van der Waals surface area contributed by atoms with Crippen molar-refractivity contribution in [3.8, 4) is 17.6 Å². The second-order valence-corrected chi connectivity index (χ2v) is 8.64. The molecular formula is C17H12F2N2O4S. The first-order valence-corrected chi connectivity index (χ1v) is 9.12. The third kappa shape index (κ3) is 1.86. The molecule has 0 bridgehead atoms. The Hall–Kier alpha value is -2.57. The van der Waals surface area contributed by atoms with Gasteiger partial charge in [-0.2, -0.15) is 5.26 Å². The first-order valence-electron chi connectivity index (χ1n) is 7.64. The van der Waals surface area contributed by atoms with Crippen molar-refractivity contribution in [2.75, 3.05) is 0 Å². The largest absolute Gasteiger partial charge is 0.455 e. The molecule has 2 aromatic rings. The number of aliphatic hydroxyl groups is 1. The van der Waals surface area contributed by atoms with Crippen LogP contribution in [0.2, 0.25) is 0 Å². The van der Waals surface area contributed by atoms with Gasteiger partial charge in [0.2, 0.25) is 14.8 Å². The molecule has 134 valence electrons. The van der Waals surface area contributed by atoms with E-state index >= 15 is 4.39 Å². The van der Waals surface area contributed by atoms with Gasteiger partial charge in [0.05, 0.1) is 16.7 Å². The molecule has 9 heteroatoms. The second-order valence-electron chi connectivity index (χ2n) is 6.43. The molecule has 6 nitrogen and oxygen atoms in total. The lowest BCUT2D eigenvalue weighted by molar-refractivity contribution is -0.0600. The zero-order valence-electron chi connectivity index (χ0n) is 13.4. The Morgan fingerprint density at radius 1 is 1.42 bits per heavy atom. The molecule has 2 heterocycles. The molecule has 0 spiro atoms. The number of nitrogens with zero attached hydrogens (tertiary/aromatic N) is 2. The molecule has 0 saturated carbocycles. The SMILES string of the molecule is CC1(F)C2(O)CC(F)c3c(Oc4cncc(C#N)c4)ccc(c32)S1(=O)=O. The quantitative estimate of drug-likeness (QED) is 0.862. The van der Waals surface area contributed by atoms with Gasteiger partial charge in [0.1, 0.15) is 29.3 Å². The van der Waals surface area contributed by atoms with Gasteiger partial charge in [-0.15, -0.1) is 0 Å². The van der Waals surface area contributed by atoms with Gasteiger partial charge in [0.25, 0.3) is 0 Å². The van der Waals surface area contributed by atoms with Crippen molar-refractivity contribution in [1.82, 2.24) is 4.98 Å². The molecule has 0 amide bonds. The van der Waals surface area contributed by atoms with E-state index in [1.54, 1.807) is 0 Å². The van der Waals surface area contributed by atoms with Crippen LogP contribution < -0.4 is 4.74 Å². The van der Waals surface area contributed by atoms with Crippen LogP contribution in [-0.2, 0) is 15.4 Å². The summed E-state index contributed by atoms with van der Waals surface area (Å²) in [6.45, 7) is 0.741. The highest BCUT2D eigenvalue weighted by molar-refractivity contribution is 7.93. The molecule has 1 aromatic carbocycles. The molecule has 0 fully saturated rings. The molecule has 4 rings (SSSR count). The maximum Gasteiger partial charge on any atom is 0.244 e. The lowest BCUT2D eigenvalue weighted by atomic mass is 9.91. The molecule has 1 N–H and O–H groups in total. The zero-order chi connectivity index (χ0) is 18.9. The molecule has 2 aliphatic rings. The fraction of sp³-hybridized carbons (Fsp3) is 0.294. The summed E-state index contributed by atoms with van der Waals surface area (Å²) in [5.74, 6) is 0.0729. The van der Waals surface area contributed by atoms with Crippen molar-refractivity contribution in [2.45, 2.75) is 35.0 Å². The summed E-state index contributed by atoms with van der Waals surface area (Å²) in [5, 5.41) is 16.6. The Morgan fingerprint density at radius 3 is 2.85 bits per heavy atom. The van der Waals surface area contributed by atoms with Crippen molar-refractivity contribution < 1.29 is 27.0 Å². The lowest BCUT2D eigenvalue weighted by Gasteiger charge is -2.28. The molecule has 3 atom stereocenters. The van der Waals surface area contributed by atoms with E-state index in [4.69, 9.17) is 10.00 Å². The van der Waals surface area contributed by atoms with Crippen LogP contribution in [0.15, 0.2) is 35.5 Å². The van der Waals surface area contributed by atoms with E-state index in [0.29, 0.717) is 0 Å². The summed E-state index contributed by atoms with van der Waals surface area (Å²) in [7, 11) is -4.48. The minimum Gasteiger partial charge on any atom is -0.455 e. The van der Waals surface area contributed by atoms with Crippen LogP contribution in [0.5, 0.6) is 11.5 Å². The maximum absolute atomic E-state index is 15.0. The van der Waals surface area contributed by atoms with Crippen LogP contribution >= 0.6 is 0 Å². The standard InChI is InChI=1S/C17H12F2N2O4S/c1-16(19)17(22)5-11(18)14-12(2-3-13(15(14)17)26(16,23)24)25-10-4-9(6-20)7-21-8-10/h2-4,7-8,11,22H,5H2,1H3. The van der Waals surface area contributed by atoms with Gasteiger partial charge in [-0.1, -0.05) is 0 Å². The second kappa shape index (κ2) is 4.99. The molecule has 0 saturated heterocycles. The summed E-state index contributed by atoms with van der Waals surface area (Å²) in [5.41, 5.74) is -2.76. The third-order valence-electron chi connectivity index (χ3n) is 4.97. The van der Waals surface area contributed by atoms with Gasteiger partial charge >= 0.3 is 0 Å². The Morgan fingerprint density at radius 2 is 2.15 bits per heavy atom. The summed E-state index contributed by atoms with van der Waals surface area (Å²) in [4.78, 5) is 3.39. The van der Waals surface area contributed by atoms with Gasteiger partial charge in [-0.25, -0.2) is 17.2 Å². The van der Waals surface area contributed by atoms with Crippen molar-refractivity contribution >= 4 is 9.84 Å². The number of ether oxygens (including phenoxy) is 1. The summed E-state index contributed by atoms with van der Waals surface area (Å²) in [6, 6.07) is 5.56. The molecule has 1 aliphatic carbocycles. The third-order valence-corrected chi connectivity index (χ3v) is 7.24. The predicted molar refractivity (Wildman–Crippen MR) is 84.5 cm³/mol. The summed E-state index contributed by atoms with van der Waals surface area (Å²) < 4.78 is 60.1. The number of hydrogen-bond acceptors (Lipinski definition) is 6. The van der Waals surface area contributed by atoms with Crippen molar-refractivity contribution in [3.63, 3.8) is 0 Å². The highest BCUT2D eigenvalue weighted by Crippen LogP contribution is 2.63. The van der Waals surface area contributed by atoms with E-state index in [-0.39, 0.29) is 28.2 Å². The highest BCUT2D eigenvalue weighted by atomic mass is 32.2. The molecule has 26 heavy (non-hydrogen) atoms. The average molecular weight is 378 g/mol. The Balaban J connectivity index is 1.91. The van der Waals surface area contributed by atoms with E-state index in [1.807, 2.05) is 6.07 Å². The molecule has 0 radical (unpaired) electrons.